The lowest BCUT2D eigenvalue weighted by atomic mass is 10.0. The molecule has 1 atom stereocenters. The number of nitrogens with zero attached hydrogens (tertiary/aromatic N) is 3. The van der Waals surface area contributed by atoms with Gasteiger partial charge in [0.05, 0.1) is 11.0 Å². The highest BCUT2D eigenvalue weighted by molar-refractivity contribution is 5.94. The predicted octanol–water partition coefficient (Wildman–Crippen LogP) is 3.09. The molecule has 154 valence electrons. The third kappa shape index (κ3) is 5.62. The van der Waals surface area contributed by atoms with Crippen LogP contribution in [0.25, 0.3) is 0 Å². The summed E-state index contributed by atoms with van der Waals surface area (Å²) in [5.74, 6) is -0.231. The summed E-state index contributed by atoms with van der Waals surface area (Å²) >= 11 is 0. The Morgan fingerprint density at radius 3 is 2.38 bits per heavy atom. The predicted molar refractivity (Wildman–Crippen MR) is 113 cm³/mol. The van der Waals surface area contributed by atoms with E-state index in [0.29, 0.717) is 18.2 Å². The lowest BCUT2D eigenvalue weighted by molar-refractivity contribution is -0.384. The fourth-order valence-corrected chi connectivity index (χ4v) is 3.77. The summed E-state index contributed by atoms with van der Waals surface area (Å²) in [6.07, 6.45) is 2.23. The minimum absolute atomic E-state index is 0.0249. The average molecular weight is 396 g/mol. The molecule has 1 amide bonds. The SMILES string of the molecule is CN1CCC(N(C)C[C@@H](NC(=O)c2ccc([N+](=O)[O-])cc2)c2ccccc2)CC1. The van der Waals surface area contributed by atoms with E-state index in [1.54, 1.807) is 0 Å². The number of hydrogen-bond acceptors (Lipinski definition) is 5. The smallest absolute Gasteiger partial charge is 0.269 e. The van der Waals surface area contributed by atoms with Gasteiger partial charge in [-0.1, -0.05) is 30.3 Å². The van der Waals surface area contributed by atoms with Crippen molar-refractivity contribution in [1.29, 1.82) is 0 Å². The second-order valence-corrected chi connectivity index (χ2v) is 7.71. The molecule has 0 aliphatic carbocycles. The summed E-state index contributed by atoms with van der Waals surface area (Å²) in [7, 11) is 4.26. The van der Waals surface area contributed by atoms with Gasteiger partial charge in [-0.15, -0.1) is 0 Å². The topological polar surface area (TPSA) is 78.7 Å². The fraction of sp³-hybridized carbons (Fsp3) is 0.409. The van der Waals surface area contributed by atoms with Crippen molar-refractivity contribution in [1.82, 2.24) is 15.1 Å². The van der Waals surface area contributed by atoms with E-state index in [9.17, 15) is 14.9 Å². The number of non-ortho nitro benzene ring substituents is 1. The van der Waals surface area contributed by atoms with E-state index in [1.807, 2.05) is 30.3 Å². The third-order valence-electron chi connectivity index (χ3n) is 5.63. The van der Waals surface area contributed by atoms with E-state index in [0.717, 1.165) is 31.5 Å². The van der Waals surface area contributed by atoms with E-state index in [1.165, 1.54) is 24.3 Å². The molecule has 1 N–H and O–H groups in total. The van der Waals surface area contributed by atoms with Crippen molar-refractivity contribution in [3.05, 3.63) is 75.8 Å². The molecule has 0 unspecified atom stereocenters. The number of likely N-dealkylation sites (tertiary alicyclic amines) is 1. The van der Waals surface area contributed by atoms with Crippen molar-refractivity contribution < 1.29 is 9.72 Å². The first-order valence-corrected chi connectivity index (χ1v) is 9.93. The van der Waals surface area contributed by atoms with Gasteiger partial charge in [-0.25, -0.2) is 0 Å². The van der Waals surface area contributed by atoms with Crippen LogP contribution < -0.4 is 5.32 Å². The summed E-state index contributed by atoms with van der Waals surface area (Å²) in [6.45, 7) is 2.87. The second-order valence-electron chi connectivity index (χ2n) is 7.71. The standard InChI is InChI=1S/C22H28N4O3/c1-24-14-12-19(13-15-24)25(2)16-21(17-6-4-3-5-7-17)23-22(27)18-8-10-20(11-9-18)26(28)29/h3-11,19,21H,12-16H2,1-2H3,(H,23,27)/t21-/m1/s1. The molecular weight excluding hydrogens is 368 g/mol. The number of likely N-dealkylation sites (N-methyl/N-ethyl adjacent to an activating group) is 1. The van der Waals surface area contributed by atoms with Gasteiger partial charge in [0, 0.05) is 30.3 Å². The lowest BCUT2D eigenvalue weighted by Crippen LogP contribution is -2.45. The molecule has 0 spiro atoms. The number of nitrogens with one attached hydrogen (secondary N) is 1. The molecule has 0 bridgehead atoms. The molecule has 29 heavy (non-hydrogen) atoms. The lowest BCUT2D eigenvalue weighted by Gasteiger charge is -2.37. The maximum absolute atomic E-state index is 12.8. The highest BCUT2D eigenvalue weighted by Crippen LogP contribution is 2.20. The van der Waals surface area contributed by atoms with Crippen LogP contribution in [0.2, 0.25) is 0 Å². The van der Waals surface area contributed by atoms with E-state index >= 15 is 0 Å². The number of benzene rings is 2. The number of nitro groups is 1. The average Bonchev–Trinajstić information content (AvgIpc) is 2.74. The molecule has 1 aliphatic rings. The van der Waals surface area contributed by atoms with Crippen LogP contribution in [-0.4, -0.2) is 60.4 Å². The summed E-state index contributed by atoms with van der Waals surface area (Å²) in [5.41, 5.74) is 1.43. The van der Waals surface area contributed by atoms with Gasteiger partial charge >= 0.3 is 0 Å². The summed E-state index contributed by atoms with van der Waals surface area (Å²) in [4.78, 5) is 27.8. The highest BCUT2D eigenvalue weighted by atomic mass is 16.6. The zero-order chi connectivity index (χ0) is 20.8. The van der Waals surface area contributed by atoms with Crippen LogP contribution in [0.3, 0.4) is 0 Å². The van der Waals surface area contributed by atoms with Crippen molar-refractivity contribution in [3.8, 4) is 0 Å². The van der Waals surface area contributed by atoms with Crippen molar-refractivity contribution in [2.75, 3.05) is 33.7 Å². The van der Waals surface area contributed by atoms with Gasteiger partial charge in [-0.3, -0.25) is 14.9 Å². The van der Waals surface area contributed by atoms with Crippen molar-refractivity contribution in [2.45, 2.75) is 24.9 Å². The molecule has 0 radical (unpaired) electrons. The van der Waals surface area contributed by atoms with E-state index < -0.39 is 4.92 Å². The largest absolute Gasteiger partial charge is 0.344 e. The van der Waals surface area contributed by atoms with Crippen molar-refractivity contribution in [3.63, 3.8) is 0 Å². The Labute approximate surface area is 171 Å². The summed E-state index contributed by atoms with van der Waals surface area (Å²) in [6, 6.07) is 16.0. The first-order valence-electron chi connectivity index (χ1n) is 9.93. The van der Waals surface area contributed by atoms with Crippen LogP contribution in [0, 0.1) is 10.1 Å². The number of rotatable bonds is 7. The Kier molecular flexibility index (Phi) is 6.95. The molecule has 0 aromatic heterocycles. The maximum atomic E-state index is 12.8. The number of nitro benzene ring substituents is 1. The normalized spacial score (nSPS) is 16.5. The molecule has 7 heteroatoms. The van der Waals surface area contributed by atoms with Gasteiger partial charge in [-0.2, -0.15) is 0 Å². The van der Waals surface area contributed by atoms with Gasteiger partial charge in [0.2, 0.25) is 0 Å². The third-order valence-corrected chi connectivity index (χ3v) is 5.63. The Bertz CT molecular complexity index is 818. The van der Waals surface area contributed by atoms with Crippen LogP contribution >= 0.6 is 0 Å². The number of carbonyl (C=O) groups is 1. The van der Waals surface area contributed by atoms with E-state index in [-0.39, 0.29) is 17.6 Å². The molecule has 1 saturated heterocycles. The quantitative estimate of drug-likeness (QED) is 0.575. The Morgan fingerprint density at radius 1 is 1.17 bits per heavy atom. The minimum Gasteiger partial charge on any atom is -0.344 e. The van der Waals surface area contributed by atoms with Gasteiger partial charge in [0.1, 0.15) is 0 Å². The molecule has 1 heterocycles. The fourth-order valence-electron chi connectivity index (χ4n) is 3.77. The first kappa shape index (κ1) is 21.0. The summed E-state index contributed by atoms with van der Waals surface area (Å²) in [5, 5.41) is 13.9. The zero-order valence-corrected chi connectivity index (χ0v) is 17.0. The second kappa shape index (κ2) is 9.62. The molecule has 2 aromatic carbocycles. The number of carbonyl (C=O) groups excluding carboxylic acids is 1. The van der Waals surface area contributed by atoms with Crippen LogP contribution in [0.1, 0.15) is 34.8 Å². The molecule has 2 aromatic rings. The van der Waals surface area contributed by atoms with Gasteiger partial charge in [-0.05, 0) is 57.7 Å². The monoisotopic (exact) mass is 396 g/mol. The summed E-state index contributed by atoms with van der Waals surface area (Å²) < 4.78 is 0. The van der Waals surface area contributed by atoms with Gasteiger partial charge in [0.15, 0.2) is 0 Å². The number of piperidine rings is 1. The van der Waals surface area contributed by atoms with E-state index in [2.05, 4.69) is 29.2 Å². The van der Waals surface area contributed by atoms with Crippen LogP contribution in [-0.2, 0) is 0 Å². The maximum Gasteiger partial charge on any atom is 0.269 e. The minimum atomic E-state index is -0.467. The van der Waals surface area contributed by atoms with Crippen LogP contribution in [0.5, 0.6) is 0 Å². The number of amides is 1. The molecule has 3 rings (SSSR count). The van der Waals surface area contributed by atoms with E-state index in [4.69, 9.17) is 0 Å². The Balaban J connectivity index is 1.72. The molecule has 1 fully saturated rings. The van der Waals surface area contributed by atoms with Gasteiger partial charge < -0.3 is 15.1 Å². The molecule has 0 saturated carbocycles. The Hall–Kier alpha value is -2.77. The van der Waals surface area contributed by atoms with Crippen molar-refractivity contribution >= 4 is 11.6 Å². The van der Waals surface area contributed by atoms with Crippen molar-refractivity contribution in [2.24, 2.45) is 0 Å². The Morgan fingerprint density at radius 2 is 1.79 bits per heavy atom. The molecule has 1 aliphatic heterocycles. The highest BCUT2D eigenvalue weighted by Gasteiger charge is 2.24. The number of hydrogen-bond donors (Lipinski definition) is 1. The zero-order valence-electron chi connectivity index (χ0n) is 17.0. The first-order chi connectivity index (χ1) is 13.9. The van der Waals surface area contributed by atoms with Crippen LogP contribution in [0.4, 0.5) is 5.69 Å². The molecular formula is C22H28N4O3. The molecule has 7 nitrogen and oxygen atoms in total. The van der Waals surface area contributed by atoms with Crippen LogP contribution in [0.15, 0.2) is 54.6 Å². The van der Waals surface area contributed by atoms with Gasteiger partial charge in [0.25, 0.3) is 11.6 Å².